The molecule has 0 atom stereocenters. The summed E-state index contributed by atoms with van der Waals surface area (Å²) in [4.78, 5) is 26.6. The summed E-state index contributed by atoms with van der Waals surface area (Å²) in [5, 5.41) is 5.56. The van der Waals surface area contributed by atoms with E-state index in [1.165, 1.54) is 16.8 Å². The average molecular weight is 296 g/mol. The minimum absolute atomic E-state index is 0.288. The van der Waals surface area contributed by atoms with Crippen molar-refractivity contribution in [3.63, 3.8) is 0 Å². The van der Waals surface area contributed by atoms with Gasteiger partial charge in [-0.15, -0.1) is 0 Å². The fourth-order valence-corrected chi connectivity index (χ4v) is 2.55. The van der Waals surface area contributed by atoms with E-state index < -0.39 is 11.1 Å². The van der Waals surface area contributed by atoms with Crippen molar-refractivity contribution in [3.05, 3.63) is 50.3 Å². The second-order valence-electron chi connectivity index (χ2n) is 4.13. The number of aromatic amines is 1. The van der Waals surface area contributed by atoms with Gasteiger partial charge >= 0.3 is 11.1 Å². The van der Waals surface area contributed by atoms with Crippen molar-refractivity contribution in [2.45, 2.75) is 16.6 Å². The lowest BCUT2D eigenvalue weighted by atomic mass is 10.2. The summed E-state index contributed by atoms with van der Waals surface area (Å²) < 4.78 is 14.8. The van der Waals surface area contributed by atoms with Crippen LogP contribution in [-0.4, -0.2) is 21.8 Å². The first-order chi connectivity index (χ1) is 9.49. The zero-order chi connectivity index (χ0) is 14.7. The Balaban J connectivity index is 2.37. The molecule has 0 unspecified atom stereocenters. The van der Waals surface area contributed by atoms with Gasteiger partial charge in [0.05, 0.1) is 0 Å². The SMILES string of the molecule is CNCc1cc(F)cc(Sc2nc(=O)c(=O)[nH]n2C)c1. The van der Waals surface area contributed by atoms with E-state index in [4.69, 9.17) is 0 Å². The molecule has 1 aromatic carbocycles. The van der Waals surface area contributed by atoms with Crippen LogP contribution in [0.25, 0.3) is 0 Å². The maximum atomic E-state index is 13.5. The van der Waals surface area contributed by atoms with Gasteiger partial charge in [0.2, 0.25) is 0 Å². The van der Waals surface area contributed by atoms with Crippen molar-refractivity contribution < 1.29 is 4.39 Å². The van der Waals surface area contributed by atoms with Gasteiger partial charge in [-0.05, 0) is 30.8 Å². The molecule has 1 aromatic heterocycles. The van der Waals surface area contributed by atoms with Crippen molar-refractivity contribution in [2.75, 3.05) is 7.05 Å². The smallest absolute Gasteiger partial charge is 0.316 e. The van der Waals surface area contributed by atoms with Crippen LogP contribution in [0.3, 0.4) is 0 Å². The largest absolute Gasteiger partial charge is 0.339 e. The van der Waals surface area contributed by atoms with Crippen molar-refractivity contribution in [2.24, 2.45) is 7.05 Å². The Labute approximate surface area is 118 Å². The Bertz CT molecular complexity index is 741. The third-order valence-electron chi connectivity index (χ3n) is 2.47. The molecule has 0 amide bonds. The predicted octanol–water partition coefficient (Wildman–Crippen LogP) is 0.478. The predicted molar refractivity (Wildman–Crippen MR) is 73.4 cm³/mol. The van der Waals surface area contributed by atoms with Crippen LogP contribution in [0.2, 0.25) is 0 Å². The Morgan fingerprint density at radius 2 is 2.15 bits per heavy atom. The van der Waals surface area contributed by atoms with Gasteiger partial charge in [-0.25, -0.2) is 4.39 Å². The highest BCUT2D eigenvalue weighted by molar-refractivity contribution is 7.99. The summed E-state index contributed by atoms with van der Waals surface area (Å²) in [7, 11) is 3.33. The van der Waals surface area contributed by atoms with Crippen molar-refractivity contribution in [1.82, 2.24) is 20.1 Å². The highest BCUT2D eigenvalue weighted by atomic mass is 32.2. The Morgan fingerprint density at radius 1 is 1.40 bits per heavy atom. The van der Waals surface area contributed by atoms with Gasteiger partial charge < -0.3 is 5.32 Å². The number of aryl methyl sites for hydroxylation is 1. The summed E-state index contributed by atoms with van der Waals surface area (Å²) in [6.45, 7) is 0.531. The minimum atomic E-state index is -0.863. The van der Waals surface area contributed by atoms with Crippen LogP contribution in [0.5, 0.6) is 0 Å². The van der Waals surface area contributed by atoms with Crippen LogP contribution >= 0.6 is 11.8 Å². The topological polar surface area (TPSA) is 79.8 Å². The van der Waals surface area contributed by atoms with Crippen LogP contribution in [0.15, 0.2) is 37.8 Å². The lowest BCUT2D eigenvalue weighted by molar-refractivity contribution is 0.595. The van der Waals surface area contributed by atoms with Crippen LogP contribution in [-0.2, 0) is 13.6 Å². The van der Waals surface area contributed by atoms with Gasteiger partial charge in [0, 0.05) is 18.5 Å². The van der Waals surface area contributed by atoms with E-state index >= 15 is 0 Å². The lowest BCUT2D eigenvalue weighted by Gasteiger charge is -2.07. The number of rotatable bonds is 4. The normalized spacial score (nSPS) is 10.8. The van der Waals surface area contributed by atoms with Crippen molar-refractivity contribution >= 4 is 11.8 Å². The van der Waals surface area contributed by atoms with Crippen molar-refractivity contribution in [3.8, 4) is 0 Å². The second-order valence-corrected chi connectivity index (χ2v) is 5.17. The highest BCUT2D eigenvalue weighted by Gasteiger charge is 2.08. The lowest BCUT2D eigenvalue weighted by Crippen LogP contribution is -2.33. The van der Waals surface area contributed by atoms with E-state index in [2.05, 4.69) is 15.4 Å². The molecule has 0 spiro atoms. The number of aromatic nitrogens is 3. The van der Waals surface area contributed by atoms with Gasteiger partial charge in [-0.3, -0.25) is 19.4 Å². The molecule has 0 bridgehead atoms. The van der Waals surface area contributed by atoms with Gasteiger partial charge in [0.1, 0.15) is 5.82 Å². The highest BCUT2D eigenvalue weighted by Crippen LogP contribution is 2.26. The molecule has 0 aliphatic heterocycles. The first-order valence-electron chi connectivity index (χ1n) is 5.79. The molecule has 2 N–H and O–H groups in total. The number of hydrogen-bond acceptors (Lipinski definition) is 5. The first-order valence-corrected chi connectivity index (χ1v) is 6.60. The number of nitrogens with one attached hydrogen (secondary N) is 2. The Kier molecular flexibility index (Phi) is 4.35. The quantitative estimate of drug-likeness (QED) is 0.802. The van der Waals surface area contributed by atoms with E-state index in [1.54, 1.807) is 20.2 Å². The maximum absolute atomic E-state index is 13.5. The minimum Gasteiger partial charge on any atom is -0.316 e. The number of halogens is 1. The van der Waals surface area contributed by atoms with Gasteiger partial charge in [-0.2, -0.15) is 4.98 Å². The zero-order valence-corrected chi connectivity index (χ0v) is 11.8. The van der Waals surface area contributed by atoms with Gasteiger partial charge in [0.15, 0.2) is 5.16 Å². The number of hydrogen-bond donors (Lipinski definition) is 2. The fraction of sp³-hybridized carbons (Fsp3) is 0.250. The molecule has 0 fully saturated rings. The number of H-pyrrole nitrogens is 1. The van der Waals surface area contributed by atoms with Gasteiger partial charge in [-0.1, -0.05) is 11.8 Å². The molecule has 106 valence electrons. The van der Waals surface area contributed by atoms with Crippen LogP contribution in [0, 0.1) is 5.82 Å². The van der Waals surface area contributed by atoms with Crippen LogP contribution in [0.1, 0.15) is 5.56 Å². The van der Waals surface area contributed by atoms with Crippen LogP contribution in [0.4, 0.5) is 4.39 Å². The molecular weight excluding hydrogens is 283 g/mol. The molecule has 8 heteroatoms. The molecule has 0 saturated carbocycles. The molecule has 2 rings (SSSR count). The van der Waals surface area contributed by atoms with E-state index in [9.17, 15) is 14.0 Å². The maximum Gasteiger partial charge on any atom is 0.339 e. The molecule has 6 nitrogen and oxygen atoms in total. The molecule has 0 radical (unpaired) electrons. The average Bonchev–Trinajstić information content (AvgIpc) is 2.35. The van der Waals surface area contributed by atoms with Gasteiger partial charge in [0.25, 0.3) is 0 Å². The van der Waals surface area contributed by atoms with E-state index in [-0.39, 0.29) is 11.0 Å². The third-order valence-corrected chi connectivity index (χ3v) is 3.49. The monoisotopic (exact) mass is 296 g/mol. The Morgan fingerprint density at radius 3 is 2.85 bits per heavy atom. The summed E-state index contributed by atoms with van der Waals surface area (Å²) in [6.07, 6.45) is 0. The first kappa shape index (κ1) is 14.5. The van der Waals surface area contributed by atoms with E-state index in [0.29, 0.717) is 11.4 Å². The molecule has 20 heavy (non-hydrogen) atoms. The summed E-state index contributed by atoms with van der Waals surface area (Å²) >= 11 is 1.11. The molecule has 0 saturated heterocycles. The summed E-state index contributed by atoms with van der Waals surface area (Å²) in [6, 6.07) is 4.57. The molecule has 0 aliphatic carbocycles. The standard InChI is InChI=1S/C12H13FN4O2S/c1-14-6-7-3-8(13)5-9(4-7)20-12-15-10(18)11(19)16-17(12)2/h3-5,14H,6H2,1-2H3,(H,16,19). The van der Waals surface area contributed by atoms with Crippen molar-refractivity contribution in [1.29, 1.82) is 0 Å². The summed E-state index contributed by atoms with van der Waals surface area (Å²) in [5.74, 6) is -0.366. The summed E-state index contributed by atoms with van der Waals surface area (Å²) in [5.41, 5.74) is -0.867. The molecule has 2 aromatic rings. The molecular formula is C12H13FN4O2S. The third kappa shape index (κ3) is 3.34. The van der Waals surface area contributed by atoms with Crippen LogP contribution < -0.4 is 16.4 Å². The molecule has 0 aliphatic rings. The second kappa shape index (κ2) is 6.02. The number of nitrogens with zero attached hydrogens (tertiary/aromatic N) is 2. The Hall–Kier alpha value is -1.93. The fourth-order valence-electron chi connectivity index (χ4n) is 1.64. The van der Waals surface area contributed by atoms with E-state index in [0.717, 1.165) is 17.3 Å². The zero-order valence-electron chi connectivity index (χ0n) is 10.9. The van der Waals surface area contributed by atoms with E-state index in [1.807, 2.05) is 0 Å². The molecule has 1 heterocycles. The number of benzene rings is 1.